The van der Waals surface area contributed by atoms with Gasteiger partial charge in [-0.1, -0.05) is 36.0 Å². The zero-order valence-electron chi connectivity index (χ0n) is 19.1. The minimum atomic E-state index is -0.200. The van der Waals surface area contributed by atoms with Gasteiger partial charge < -0.3 is 20.3 Å². The summed E-state index contributed by atoms with van der Waals surface area (Å²) >= 11 is 11.6. The number of nitrogens with one attached hydrogen (secondary N) is 2. The highest BCUT2D eigenvalue weighted by atomic mass is 35.5. The van der Waals surface area contributed by atoms with Gasteiger partial charge in [0.1, 0.15) is 11.6 Å². The van der Waals surface area contributed by atoms with Gasteiger partial charge in [0, 0.05) is 42.1 Å². The number of methoxy groups -OCH3 is 1. The molecule has 1 atom stereocenters. The van der Waals surface area contributed by atoms with E-state index in [2.05, 4.69) is 39.8 Å². The lowest BCUT2D eigenvalue weighted by atomic mass is 9.82. The highest BCUT2D eigenvalue weighted by Gasteiger charge is 2.32. The van der Waals surface area contributed by atoms with E-state index in [9.17, 15) is 4.39 Å². The Morgan fingerprint density at radius 2 is 1.85 bits per heavy atom. The number of hydrogen-bond acceptors (Lipinski definition) is 4. The summed E-state index contributed by atoms with van der Waals surface area (Å²) in [7, 11) is 3.48. The average molecular weight is 496 g/mol. The van der Waals surface area contributed by atoms with Gasteiger partial charge in [0.05, 0.1) is 18.6 Å². The van der Waals surface area contributed by atoms with Gasteiger partial charge in [0.2, 0.25) is 0 Å². The molecule has 2 N–H and O–H groups in total. The molecule has 0 saturated carbocycles. The van der Waals surface area contributed by atoms with Crippen molar-refractivity contribution < 1.29 is 9.13 Å². The third-order valence-electron chi connectivity index (χ3n) is 6.15. The van der Waals surface area contributed by atoms with Crippen molar-refractivity contribution in [1.82, 2.24) is 4.90 Å². The third-order valence-corrected chi connectivity index (χ3v) is 6.65. The fraction of sp³-hybridized carbons (Fsp3) is 0.222. The molecular weight excluding hydrogens is 469 g/mol. The molecule has 1 unspecified atom stereocenters. The van der Waals surface area contributed by atoms with Crippen molar-refractivity contribution >= 4 is 46.3 Å². The quantitative estimate of drug-likeness (QED) is 0.389. The van der Waals surface area contributed by atoms with E-state index in [1.165, 1.54) is 34.4 Å². The molecule has 3 aromatic carbocycles. The number of hydrogen-bond donors (Lipinski definition) is 2. The van der Waals surface area contributed by atoms with Gasteiger partial charge in [-0.2, -0.15) is 0 Å². The van der Waals surface area contributed by atoms with Crippen molar-refractivity contribution in [2.24, 2.45) is 0 Å². The van der Waals surface area contributed by atoms with Crippen LogP contribution in [0.15, 0.2) is 72.3 Å². The molecule has 0 saturated heterocycles. The molecule has 176 valence electrons. The molecule has 0 fully saturated rings. The maximum absolute atomic E-state index is 12.2. The van der Waals surface area contributed by atoms with Gasteiger partial charge in [0.15, 0.2) is 0 Å². The Morgan fingerprint density at radius 1 is 1.12 bits per heavy atom. The lowest BCUT2D eigenvalue weighted by Crippen LogP contribution is -2.37. The number of anilines is 2. The molecule has 4 nitrogen and oxygen atoms in total. The SMILES string of the molecule is CNc1ccc(F)cc1.COc1ccc(C2C3=C(CCN2C=S)c2cc(Cl)ccc2NC3)cc1. The number of rotatable bonds is 4. The first kappa shape index (κ1) is 24.0. The second-order valence-corrected chi connectivity index (χ2v) is 8.72. The first-order valence-corrected chi connectivity index (χ1v) is 11.9. The number of nitrogens with zero attached hydrogens (tertiary/aromatic N) is 1. The zero-order valence-corrected chi connectivity index (χ0v) is 20.7. The van der Waals surface area contributed by atoms with Crippen molar-refractivity contribution in [2.45, 2.75) is 12.5 Å². The summed E-state index contributed by atoms with van der Waals surface area (Å²) in [4.78, 5) is 2.24. The molecule has 2 heterocycles. The monoisotopic (exact) mass is 495 g/mol. The summed E-state index contributed by atoms with van der Waals surface area (Å²) in [5, 5.41) is 7.20. The van der Waals surface area contributed by atoms with Crippen LogP contribution in [0.4, 0.5) is 15.8 Å². The van der Waals surface area contributed by atoms with Crippen molar-refractivity contribution in [2.75, 3.05) is 37.9 Å². The van der Waals surface area contributed by atoms with E-state index in [1.54, 1.807) is 31.8 Å². The van der Waals surface area contributed by atoms with Crippen LogP contribution in [0.2, 0.25) is 5.02 Å². The van der Waals surface area contributed by atoms with Gasteiger partial charge in [0.25, 0.3) is 0 Å². The van der Waals surface area contributed by atoms with Crippen molar-refractivity contribution in [3.05, 3.63) is 94.3 Å². The Morgan fingerprint density at radius 3 is 2.50 bits per heavy atom. The smallest absolute Gasteiger partial charge is 0.123 e. The van der Waals surface area contributed by atoms with Crippen LogP contribution in [0.1, 0.15) is 23.6 Å². The number of fused-ring (bicyclic) bond motifs is 2. The average Bonchev–Trinajstić information content (AvgIpc) is 2.88. The molecule has 0 aliphatic carbocycles. The van der Waals surface area contributed by atoms with E-state index in [0.29, 0.717) is 0 Å². The Kier molecular flexibility index (Phi) is 7.70. The van der Waals surface area contributed by atoms with Crippen LogP contribution < -0.4 is 15.4 Å². The van der Waals surface area contributed by atoms with Crippen LogP contribution in [0, 0.1) is 5.82 Å². The van der Waals surface area contributed by atoms with Crippen LogP contribution in [-0.4, -0.2) is 37.6 Å². The fourth-order valence-electron chi connectivity index (χ4n) is 4.43. The second kappa shape index (κ2) is 10.9. The Hall–Kier alpha value is -3.09. The molecule has 34 heavy (non-hydrogen) atoms. The molecule has 2 aliphatic rings. The number of ether oxygens (including phenoxy) is 1. The predicted molar refractivity (Wildman–Crippen MR) is 144 cm³/mol. The highest BCUT2D eigenvalue weighted by Crippen LogP contribution is 2.44. The number of thiocarbonyl (C=S) groups is 1. The molecule has 3 aromatic rings. The van der Waals surface area contributed by atoms with Crippen molar-refractivity contribution in [3.63, 3.8) is 0 Å². The Bertz CT molecular complexity index is 1180. The summed E-state index contributed by atoms with van der Waals surface area (Å²) in [6.07, 6.45) is 0.976. The normalized spacial score (nSPS) is 16.4. The zero-order chi connectivity index (χ0) is 24.1. The molecule has 2 aliphatic heterocycles. The van der Waals surface area contributed by atoms with Gasteiger partial charge in [-0.05, 0) is 77.7 Å². The predicted octanol–water partition coefficient (Wildman–Crippen LogP) is 6.80. The van der Waals surface area contributed by atoms with Crippen molar-refractivity contribution in [3.8, 4) is 5.75 Å². The van der Waals surface area contributed by atoms with E-state index in [4.69, 9.17) is 28.6 Å². The molecule has 0 amide bonds. The van der Waals surface area contributed by atoms with Crippen LogP contribution in [0.5, 0.6) is 5.75 Å². The Labute approximate surface area is 210 Å². The van der Waals surface area contributed by atoms with Gasteiger partial charge in [-0.15, -0.1) is 0 Å². The number of benzene rings is 3. The van der Waals surface area contributed by atoms with E-state index in [0.717, 1.165) is 41.7 Å². The van der Waals surface area contributed by atoms with Crippen molar-refractivity contribution in [1.29, 1.82) is 0 Å². The first-order chi connectivity index (χ1) is 16.5. The minimum Gasteiger partial charge on any atom is -0.497 e. The largest absolute Gasteiger partial charge is 0.497 e. The van der Waals surface area contributed by atoms with Crippen LogP contribution in [0.3, 0.4) is 0 Å². The standard InChI is InChI=1S/C20H19ClN2OS.C7H8FN/c1-24-15-5-2-13(3-6-15)20-18-11-22-19-7-4-14(21)10-17(19)16(18)8-9-23(20)12-25;1-9-7-4-2-6(8)3-5-7/h2-7,10,12,20,22H,8-9,11H2,1H3;2-5,9H,1H3. The molecule has 5 rings (SSSR count). The summed E-state index contributed by atoms with van der Waals surface area (Å²) in [6.45, 7) is 1.73. The second-order valence-electron chi connectivity index (χ2n) is 8.07. The van der Waals surface area contributed by atoms with Gasteiger partial charge in [-0.3, -0.25) is 0 Å². The third kappa shape index (κ3) is 5.18. The molecule has 0 bridgehead atoms. The minimum absolute atomic E-state index is 0.145. The summed E-state index contributed by atoms with van der Waals surface area (Å²) in [5.74, 6) is 0.663. The summed E-state index contributed by atoms with van der Waals surface area (Å²) in [6, 6.07) is 20.7. The maximum atomic E-state index is 12.2. The number of halogens is 2. The summed E-state index contributed by atoms with van der Waals surface area (Å²) in [5.41, 5.74) is 9.07. The topological polar surface area (TPSA) is 36.5 Å². The van der Waals surface area contributed by atoms with E-state index < -0.39 is 0 Å². The van der Waals surface area contributed by atoms with E-state index in [-0.39, 0.29) is 11.9 Å². The molecular formula is C27H27ClFN3OS. The molecule has 0 aromatic heterocycles. The van der Waals surface area contributed by atoms with E-state index >= 15 is 0 Å². The van der Waals surface area contributed by atoms with Crippen LogP contribution >= 0.6 is 23.8 Å². The first-order valence-electron chi connectivity index (χ1n) is 11.1. The Balaban J connectivity index is 0.000000257. The maximum Gasteiger partial charge on any atom is 0.123 e. The fourth-order valence-corrected chi connectivity index (χ4v) is 4.83. The molecule has 0 radical (unpaired) electrons. The van der Waals surface area contributed by atoms with Crippen LogP contribution in [0.25, 0.3) is 5.57 Å². The highest BCUT2D eigenvalue weighted by molar-refractivity contribution is 7.78. The molecule has 0 spiro atoms. The van der Waals surface area contributed by atoms with Crippen LogP contribution in [-0.2, 0) is 0 Å². The van der Waals surface area contributed by atoms with E-state index in [1.807, 2.05) is 18.2 Å². The molecule has 7 heteroatoms. The summed E-state index contributed by atoms with van der Waals surface area (Å²) < 4.78 is 17.5. The lowest BCUT2D eigenvalue weighted by molar-refractivity contribution is 0.357. The lowest BCUT2D eigenvalue weighted by Gasteiger charge is -2.41. The van der Waals surface area contributed by atoms with Gasteiger partial charge in [-0.25, -0.2) is 4.39 Å². The van der Waals surface area contributed by atoms with Gasteiger partial charge >= 0.3 is 0 Å².